The summed E-state index contributed by atoms with van der Waals surface area (Å²) in [6.07, 6.45) is 7.29. The maximum Gasteiger partial charge on any atom is 0.0798 e. The molecule has 0 aromatic heterocycles. The Kier molecular flexibility index (Phi) is 5.10. The van der Waals surface area contributed by atoms with Crippen molar-refractivity contribution in [1.82, 2.24) is 0 Å². The van der Waals surface area contributed by atoms with Crippen molar-refractivity contribution < 1.29 is 13.3 Å². The summed E-state index contributed by atoms with van der Waals surface area (Å²) in [5.74, 6) is 0.0172. The molecule has 0 spiro atoms. The third-order valence-corrected chi connectivity index (χ3v) is 3.20. The summed E-state index contributed by atoms with van der Waals surface area (Å²) in [5, 5.41) is 0. The molecule has 0 aromatic rings. The van der Waals surface area contributed by atoms with Crippen molar-refractivity contribution in [2.45, 2.75) is 45.4 Å². The van der Waals surface area contributed by atoms with Crippen LogP contribution in [0.2, 0.25) is 0 Å². The first-order valence-corrected chi connectivity index (χ1v) is 7.39. The molecule has 0 rings (SSSR count). The summed E-state index contributed by atoms with van der Waals surface area (Å²) in [4.78, 5) is 0. The predicted molar refractivity (Wildman–Crippen MR) is 57.6 cm³/mol. The standard InChI is InChI=1S/C9H22O3S/c1-3-4-5-6-7-8-9-13(2,10,11)12/h3-9H2,1-2H3,(H2,10,11,12). The van der Waals surface area contributed by atoms with E-state index in [1.165, 1.54) is 19.3 Å². The lowest BCUT2D eigenvalue weighted by Gasteiger charge is -2.24. The molecular weight excluding hydrogens is 188 g/mol. The maximum absolute atomic E-state index is 11.0. The summed E-state index contributed by atoms with van der Waals surface area (Å²) >= 11 is 0. The van der Waals surface area contributed by atoms with Crippen LogP contribution in [-0.2, 0) is 9.63 Å². The zero-order chi connectivity index (χ0) is 10.4. The molecule has 4 heteroatoms. The first kappa shape index (κ1) is 13.1. The Labute approximate surface area is 81.0 Å². The molecule has 13 heavy (non-hydrogen) atoms. The molecule has 2 N–H and O–H groups in total. The predicted octanol–water partition coefficient (Wildman–Crippen LogP) is 2.74. The Hall–Kier alpha value is 0.0700. The van der Waals surface area contributed by atoms with E-state index in [9.17, 15) is 4.21 Å². The Bertz CT molecular complexity index is 184. The van der Waals surface area contributed by atoms with E-state index in [2.05, 4.69) is 6.92 Å². The van der Waals surface area contributed by atoms with Crippen LogP contribution in [0.25, 0.3) is 0 Å². The van der Waals surface area contributed by atoms with E-state index in [0.717, 1.165) is 19.1 Å². The Balaban J connectivity index is 3.32. The van der Waals surface area contributed by atoms with E-state index in [1.54, 1.807) is 0 Å². The van der Waals surface area contributed by atoms with Crippen LogP contribution in [0.4, 0.5) is 0 Å². The second kappa shape index (κ2) is 5.08. The first-order valence-electron chi connectivity index (χ1n) is 4.94. The van der Waals surface area contributed by atoms with Gasteiger partial charge in [0.15, 0.2) is 0 Å². The maximum atomic E-state index is 11.0. The molecule has 0 saturated carbocycles. The van der Waals surface area contributed by atoms with Gasteiger partial charge in [-0.15, -0.1) is 0 Å². The highest BCUT2D eigenvalue weighted by Gasteiger charge is 2.20. The van der Waals surface area contributed by atoms with E-state index in [1.807, 2.05) is 0 Å². The molecule has 0 aliphatic heterocycles. The summed E-state index contributed by atoms with van der Waals surface area (Å²) in [7, 11) is -4.20. The van der Waals surface area contributed by atoms with Gasteiger partial charge in [0.1, 0.15) is 0 Å². The average Bonchev–Trinajstić information content (AvgIpc) is 1.93. The molecule has 82 valence electrons. The van der Waals surface area contributed by atoms with Gasteiger partial charge in [0.25, 0.3) is 0 Å². The van der Waals surface area contributed by atoms with Gasteiger partial charge in [-0.05, 0) is 6.42 Å². The molecule has 0 saturated heterocycles. The van der Waals surface area contributed by atoms with E-state index in [0.29, 0.717) is 6.42 Å². The minimum absolute atomic E-state index is 0.0172. The smallest absolute Gasteiger partial charge is 0.0798 e. The second-order valence-corrected chi connectivity index (χ2v) is 7.16. The lowest BCUT2D eigenvalue weighted by Crippen LogP contribution is -2.32. The van der Waals surface area contributed by atoms with Crippen LogP contribution in [0.15, 0.2) is 0 Å². The lowest BCUT2D eigenvalue weighted by molar-refractivity contribution is 0.395. The molecule has 0 amide bonds. The highest BCUT2D eigenvalue weighted by Crippen LogP contribution is 2.15. The van der Waals surface area contributed by atoms with Gasteiger partial charge in [-0.1, -0.05) is 39.0 Å². The highest BCUT2D eigenvalue weighted by molar-refractivity contribution is 8.09. The van der Waals surface area contributed by atoms with Crippen LogP contribution >= 0.6 is 0 Å². The fraction of sp³-hybridized carbons (Fsp3) is 1.00. The topological polar surface area (TPSA) is 57.5 Å². The van der Waals surface area contributed by atoms with Gasteiger partial charge >= 0.3 is 0 Å². The van der Waals surface area contributed by atoms with Gasteiger partial charge in [-0.3, -0.25) is 0 Å². The van der Waals surface area contributed by atoms with Crippen molar-refractivity contribution in [3.05, 3.63) is 0 Å². The average molecular weight is 210 g/mol. The molecule has 0 aliphatic rings. The van der Waals surface area contributed by atoms with Crippen molar-refractivity contribution in [2.75, 3.05) is 12.0 Å². The molecule has 0 atom stereocenters. The lowest BCUT2D eigenvalue weighted by atomic mass is 10.1. The van der Waals surface area contributed by atoms with Crippen molar-refractivity contribution in [3.8, 4) is 0 Å². The fourth-order valence-corrected chi connectivity index (χ4v) is 2.08. The van der Waals surface area contributed by atoms with Gasteiger partial charge in [0.05, 0.1) is 9.63 Å². The number of rotatable bonds is 7. The number of unbranched alkanes of at least 4 members (excludes halogenated alkanes) is 5. The van der Waals surface area contributed by atoms with Crippen molar-refractivity contribution in [1.29, 1.82) is 0 Å². The minimum atomic E-state index is -4.20. The molecule has 0 aromatic carbocycles. The van der Waals surface area contributed by atoms with Crippen LogP contribution in [0.5, 0.6) is 0 Å². The second-order valence-electron chi connectivity index (χ2n) is 3.90. The fourth-order valence-electron chi connectivity index (χ4n) is 1.21. The van der Waals surface area contributed by atoms with Crippen LogP contribution in [0.1, 0.15) is 45.4 Å². The summed E-state index contributed by atoms with van der Waals surface area (Å²) < 4.78 is 29.0. The summed E-state index contributed by atoms with van der Waals surface area (Å²) in [5.41, 5.74) is 0. The van der Waals surface area contributed by atoms with Gasteiger partial charge < -0.3 is 9.11 Å². The van der Waals surface area contributed by atoms with Crippen LogP contribution in [0, 0.1) is 0 Å². The van der Waals surface area contributed by atoms with Gasteiger partial charge in [-0.2, -0.15) is 0 Å². The quantitative estimate of drug-likeness (QED) is 0.635. The molecule has 0 unspecified atom stereocenters. The van der Waals surface area contributed by atoms with Crippen LogP contribution in [-0.4, -0.2) is 25.3 Å². The van der Waals surface area contributed by atoms with Gasteiger partial charge in [0, 0.05) is 12.0 Å². The van der Waals surface area contributed by atoms with Gasteiger partial charge in [0.2, 0.25) is 0 Å². The molecule has 0 fully saturated rings. The van der Waals surface area contributed by atoms with Gasteiger partial charge in [-0.25, -0.2) is 4.21 Å². The van der Waals surface area contributed by atoms with Crippen molar-refractivity contribution in [2.24, 2.45) is 0 Å². The van der Waals surface area contributed by atoms with E-state index >= 15 is 0 Å². The first-order chi connectivity index (χ1) is 5.81. The van der Waals surface area contributed by atoms with E-state index in [-0.39, 0.29) is 5.75 Å². The Morgan fingerprint density at radius 2 is 1.46 bits per heavy atom. The van der Waals surface area contributed by atoms with Crippen molar-refractivity contribution in [3.63, 3.8) is 0 Å². The highest BCUT2D eigenvalue weighted by atomic mass is 32.3. The largest absolute Gasteiger partial charge is 0.308 e. The summed E-state index contributed by atoms with van der Waals surface area (Å²) in [6, 6.07) is 0. The van der Waals surface area contributed by atoms with Crippen LogP contribution < -0.4 is 0 Å². The molecule has 0 heterocycles. The summed E-state index contributed by atoms with van der Waals surface area (Å²) in [6.45, 7) is 2.15. The number of hydrogen-bond acceptors (Lipinski definition) is 1. The SMILES string of the molecule is CCCCCCCCS(C)(=O)(O)O. The Morgan fingerprint density at radius 3 is 1.92 bits per heavy atom. The molecule has 0 radical (unpaired) electrons. The monoisotopic (exact) mass is 210 g/mol. The molecule has 0 bridgehead atoms. The molecule has 0 aliphatic carbocycles. The minimum Gasteiger partial charge on any atom is -0.308 e. The molecular formula is C9H22O3S. The normalized spacial score (nSPS) is 15.2. The van der Waals surface area contributed by atoms with Crippen molar-refractivity contribution >= 4 is 9.63 Å². The zero-order valence-corrected chi connectivity index (χ0v) is 9.48. The zero-order valence-electron chi connectivity index (χ0n) is 8.66. The van der Waals surface area contributed by atoms with E-state index < -0.39 is 9.63 Å². The molecule has 3 nitrogen and oxygen atoms in total. The third-order valence-electron chi connectivity index (χ3n) is 1.97. The Morgan fingerprint density at radius 1 is 1.00 bits per heavy atom. The van der Waals surface area contributed by atoms with Crippen LogP contribution in [0.3, 0.4) is 0 Å². The third kappa shape index (κ3) is 12.1. The van der Waals surface area contributed by atoms with E-state index in [4.69, 9.17) is 9.11 Å². The number of hydrogen-bond donors (Lipinski definition) is 2.